The van der Waals surface area contributed by atoms with Gasteiger partial charge in [0.15, 0.2) is 0 Å². The first-order chi connectivity index (χ1) is 5.77. The van der Waals surface area contributed by atoms with Gasteiger partial charge in [-0.05, 0) is 39.8 Å². The van der Waals surface area contributed by atoms with Crippen LogP contribution in [-0.4, -0.2) is 49.1 Å². The minimum Gasteiger partial charge on any atom is -0.308 e. The van der Waals surface area contributed by atoms with Crippen molar-refractivity contribution in [2.75, 3.05) is 27.2 Å². The summed E-state index contributed by atoms with van der Waals surface area (Å²) >= 11 is 0. The van der Waals surface area contributed by atoms with Gasteiger partial charge in [-0.2, -0.15) is 0 Å². The monoisotopic (exact) mass is 168 g/mol. The van der Waals surface area contributed by atoms with Crippen LogP contribution in [-0.2, 0) is 0 Å². The summed E-state index contributed by atoms with van der Waals surface area (Å²) in [6.07, 6.45) is 5.88. The lowest BCUT2D eigenvalue weighted by molar-refractivity contribution is 0.223. The van der Waals surface area contributed by atoms with E-state index in [1.807, 2.05) is 0 Å². The first-order valence-electron chi connectivity index (χ1n) is 5.18. The topological polar surface area (TPSA) is 6.48 Å². The second kappa shape index (κ2) is 3.35. The zero-order valence-electron chi connectivity index (χ0n) is 8.29. The van der Waals surface area contributed by atoms with E-state index in [1.54, 1.807) is 0 Å². The number of hydrogen-bond acceptors (Lipinski definition) is 2. The van der Waals surface area contributed by atoms with Gasteiger partial charge < -0.3 is 4.90 Å². The molecule has 0 amide bonds. The summed E-state index contributed by atoms with van der Waals surface area (Å²) in [7, 11) is 4.33. The molecule has 2 saturated heterocycles. The third kappa shape index (κ3) is 1.50. The van der Waals surface area contributed by atoms with Crippen LogP contribution in [0.2, 0.25) is 0 Å². The van der Waals surface area contributed by atoms with Gasteiger partial charge in [-0.25, -0.2) is 0 Å². The smallest absolute Gasteiger partial charge is 0.0115 e. The first-order valence-corrected chi connectivity index (χ1v) is 5.18. The van der Waals surface area contributed by atoms with Crippen molar-refractivity contribution in [2.45, 2.75) is 37.8 Å². The van der Waals surface area contributed by atoms with Crippen LogP contribution < -0.4 is 0 Å². The molecule has 0 spiro atoms. The molecule has 0 aromatic heterocycles. The van der Waals surface area contributed by atoms with Crippen LogP contribution >= 0.6 is 0 Å². The van der Waals surface area contributed by atoms with E-state index in [9.17, 15) is 0 Å². The standard InChI is InChI=1S/C10H20N2/c1-11(2)7-8-12-9-3-4-10(12)6-5-9/h9-10H,3-8H2,1-2H3. The maximum Gasteiger partial charge on any atom is 0.0115 e. The van der Waals surface area contributed by atoms with Gasteiger partial charge in [-0.1, -0.05) is 0 Å². The van der Waals surface area contributed by atoms with E-state index in [0.29, 0.717) is 0 Å². The fraction of sp³-hybridized carbons (Fsp3) is 1.00. The number of rotatable bonds is 3. The van der Waals surface area contributed by atoms with Crippen LogP contribution in [0.4, 0.5) is 0 Å². The van der Waals surface area contributed by atoms with Crippen LogP contribution in [0.3, 0.4) is 0 Å². The highest BCUT2D eigenvalue weighted by Crippen LogP contribution is 2.36. The van der Waals surface area contributed by atoms with E-state index in [2.05, 4.69) is 23.9 Å². The van der Waals surface area contributed by atoms with E-state index < -0.39 is 0 Å². The largest absolute Gasteiger partial charge is 0.308 e. The van der Waals surface area contributed by atoms with Crippen molar-refractivity contribution in [3.63, 3.8) is 0 Å². The third-order valence-electron chi connectivity index (χ3n) is 3.41. The summed E-state index contributed by atoms with van der Waals surface area (Å²) in [6, 6.07) is 1.91. The Labute approximate surface area is 75.5 Å². The lowest BCUT2D eigenvalue weighted by Crippen LogP contribution is -2.35. The van der Waals surface area contributed by atoms with Crippen LogP contribution in [0.5, 0.6) is 0 Å². The van der Waals surface area contributed by atoms with Gasteiger partial charge in [0.25, 0.3) is 0 Å². The van der Waals surface area contributed by atoms with E-state index in [4.69, 9.17) is 0 Å². The van der Waals surface area contributed by atoms with Crippen molar-refractivity contribution in [1.82, 2.24) is 9.80 Å². The summed E-state index contributed by atoms with van der Waals surface area (Å²) in [5, 5.41) is 0. The molecule has 2 aliphatic rings. The van der Waals surface area contributed by atoms with Crippen molar-refractivity contribution >= 4 is 0 Å². The molecular weight excluding hydrogens is 148 g/mol. The Kier molecular flexibility index (Phi) is 2.37. The molecule has 0 aliphatic carbocycles. The Balaban J connectivity index is 1.81. The van der Waals surface area contributed by atoms with Crippen LogP contribution in [0.1, 0.15) is 25.7 Å². The number of likely N-dealkylation sites (N-methyl/N-ethyl adjacent to an activating group) is 1. The molecule has 2 bridgehead atoms. The lowest BCUT2D eigenvalue weighted by Gasteiger charge is -2.23. The zero-order chi connectivity index (χ0) is 8.55. The molecule has 0 aromatic carbocycles. The van der Waals surface area contributed by atoms with Gasteiger partial charge >= 0.3 is 0 Å². The lowest BCUT2D eigenvalue weighted by atomic mass is 10.0. The minimum atomic E-state index is 0.954. The molecule has 0 N–H and O–H groups in total. The summed E-state index contributed by atoms with van der Waals surface area (Å²) in [5.74, 6) is 0. The molecule has 0 aromatic rings. The molecule has 0 atom stereocenters. The highest BCUT2D eigenvalue weighted by atomic mass is 15.2. The van der Waals surface area contributed by atoms with Gasteiger partial charge in [-0.3, -0.25) is 4.90 Å². The van der Waals surface area contributed by atoms with Crippen molar-refractivity contribution in [3.05, 3.63) is 0 Å². The second-order valence-electron chi connectivity index (χ2n) is 4.50. The second-order valence-corrected chi connectivity index (χ2v) is 4.50. The van der Waals surface area contributed by atoms with Crippen LogP contribution in [0.15, 0.2) is 0 Å². The van der Waals surface area contributed by atoms with Gasteiger partial charge in [0.05, 0.1) is 0 Å². The van der Waals surface area contributed by atoms with Gasteiger partial charge in [-0.15, -0.1) is 0 Å². The SMILES string of the molecule is CN(C)CCN1C2CCC1CC2. The Morgan fingerprint density at radius 3 is 2.00 bits per heavy atom. The molecule has 0 saturated carbocycles. The van der Waals surface area contributed by atoms with E-state index in [1.165, 1.54) is 38.8 Å². The molecule has 70 valence electrons. The van der Waals surface area contributed by atoms with E-state index >= 15 is 0 Å². The highest BCUT2D eigenvalue weighted by Gasteiger charge is 2.38. The first kappa shape index (κ1) is 8.52. The molecule has 0 radical (unpaired) electrons. The van der Waals surface area contributed by atoms with Gasteiger partial charge in [0.2, 0.25) is 0 Å². The van der Waals surface area contributed by atoms with Crippen molar-refractivity contribution in [1.29, 1.82) is 0 Å². The average Bonchev–Trinajstić information content (AvgIpc) is 2.59. The fourth-order valence-corrected chi connectivity index (χ4v) is 2.70. The van der Waals surface area contributed by atoms with Crippen LogP contribution in [0, 0.1) is 0 Å². The molecule has 0 unspecified atom stereocenters. The third-order valence-corrected chi connectivity index (χ3v) is 3.41. The maximum atomic E-state index is 2.74. The van der Waals surface area contributed by atoms with Gasteiger partial charge in [0.1, 0.15) is 0 Å². The zero-order valence-corrected chi connectivity index (χ0v) is 8.29. The predicted molar refractivity (Wildman–Crippen MR) is 51.3 cm³/mol. The number of fused-ring (bicyclic) bond motifs is 2. The minimum absolute atomic E-state index is 0.954. The predicted octanol–water partition coefficient (Wildman–Crippen LogP) is 1.17. The fourth-order valence-electron chi connectivity index (χ4n) is 2.70. The molecule has 2 aliphatic heterocycles. The molecule has 2 rings (SSSR count). The maximum absolute atomic E-state index is 2.74. The Morgan fingerprint density at radius 2 is 1.58 bits per heavy atom. The van der Waals surface area contributed by atoms with Crippen molar-refractivity contribution in [2.24, 2.45) is 0 Å². The quantitative estimate of drug-likeness (QED) is 0.624. The van der Waals surface area contributed by atoms with Gasteiger partial charge in [0, 0.05) is 25.2 Å². The normalized spacial score (nSPS) is 35.2. The molecule has 12 heavy (non-hydrogen) atoms. The average molecular weight is 168 g/mol. The number of nitrogens with zero attached hydrogens (tertiary/aromatic N) is 2. The molecule has 2 fully saturated rings. The molecule has 2 heterocycles. The van der Waals surface area contributed by atoms with Crippen molar-refractivity contribution < 1.29 is 0 Å². The summed E-state index contributed by atoms with van der Waals surface area (Å²) in [6.45, 7) is 2.52. The summed E-state index contributed by atoms with van der Waals surface area (Å²) in [4.78, 5) is 5.03. The van der Waals surface area contributed by atoms with Crippen LogP contribution in [0.25, 0.3) is 0 Å². The van der Waals surface area contributed by atoms with Crippen molar-refractivity contribution in [3.8, 4) is 0 Å². The Bertz CT molecular complexity index is 136. The molecular formula is C10H20N2. The summed E-state index contributed by atoms with van der Waals surface area (Å²) < 4.78 is 0. The molecule has 2 heteroatoms. The molecule has 2 nitrogen and oxygen atoms in total. The number of hydrogen-bond donors (Lipinski definition) is 0. The Hall–Kier alpha value is -0.0800. The Morgan fingerprint density at radius 1 is 1.08 bits per heavy atom. The highest BCUT2D eigenvalue weighted by molar-refractivity contribution is 4.94. The van der Waals surface area contributed by atoms with E-state index in [-0.39, 0.29) is 0 Å². The van der Waals surface area contributed by atoms with E-state index in [0.717, 1.165) is 12.1 Å². The summed E-state index contributed by atoms with van der Waals surface area (Å²) in [5.41, 5.74) is 0.